The van der Waals surface area contributed by atoms with Gasteiger partial charge in [0.05, 0.1) is 31.1 Å². The van der Waals surface area contributed by atoms with Gasteiger partial charge in [-0.2, -0.15) is 0 Å². The van der Waals surface area contributed by atoms with E-state index >= 15 is 0 Å². The van der Waals surface area contributed by atoms with Gasteiger partial charge in [0.1, 0.15) is 29.0 Å². The van der Waals surface area contributed by atoms with Crippen molar-refractivity contribution in [1.29, 1.82) is 10.8 Å². The van der Waals surface area contributed by atoms with Crippen LogP contribution in [-0.4, -0.2) is 83.1 Å². The highest BCUT2D eigenvalue weighted by atomic mass is 16.5. The van der Waals surface area contributed by atoms with Crippen LogP contribution in [0.25, 0.3) is 0 Å². The van der Waals surface area contributed by atoms with Crippen LogP contribution in [0.15, 0.2) is 83.6 Å². The Kier molecular flexibility index (Phi) is 11.6. The standard InChI is InChI=1S/C38H51N9O3/c1-25-10-12-26(13-11-25)42-36(20-33(39)38(2,3)4)44-37(49)43-31-15-16-32(30-9-7-6-8-29(30)31)50-28-14-17-34(40)47(22-28)35(41)23-46-19-18-45(5)27(21-46)24-48/h6-14,17,20,22,27,31-32,40-41,48H,15-16,18-19,21,23-24,39H2,1-5H3,(H2,42,43,44,49)/b33-20-,40-34?,41-35?/t27?,31-,32+/m0/s1. The molecule has 1 aliphatic heterocycles. The number of allylic oxidation sites excluding steroid dienone is 1. The number of ether oxygens (including phenoxy) is 1. The molecule has 5 rings (SSSR count). The van der Waals surface area contributed by atoms with E-state index < -0.39 is 0 Å². The number of aromatic nitrogens is 1. The van der Waals surface area contributed by atoms with E-state index in [2.05, 4.69) is 25.4 Å². The summed E-state index contributed by atoms with van der Waals surface area (Å²) in [5.74, 6) is 1.17. The second-order valence-corrected chi connectivity index (χ2v) is 14.3. The Morgan fingerprint density at radius 3 is 2.50 bits per heavy atom. The first kappa shape index (κ1) is 36.5. The number of carbonyl (C=O) groups excluding carboxylic acids is 1. The Morgan fingerprint density at radius 1 is 1.08 bits per heavy atom. The number of pyridine rings is 1. The minimum absolute atomic E-state index is 0.0282. The van der Waals surface area contributed by atoms with Crippen molar-refractivity contribution >= 4 is 23.4 Å². The number of piperazine rings is 1. The van der Waals surface area contributed by atoms with Crippen LogP contribution in [0.1, 0.15) is 62.4 Å². The molecule has 7 N–H and O–H groups in total. The fraction of sp³-hybridized carbons (Fsp3) is 0.421. The zero-order chi connectivity index (χ0) is 36.0. The number of aliphatic hydroxyl groups is 1. The van der Waals surface area contributed by atoms with Crippen molar-refractivity contribution < 1.29 is 14.6 Å². The summed E-state index contributed by atoms with van der Waals surface area (Å²) in [7, 11) is 2.00. The van der Waals surface area contributed by atoms with Crippen molar-refractivity contribution in [2.24, 2.45) is 16.1 Å². The predicted octanol–water partition coefficient (Wildman–Crippen LogP) is 4.58. The average Bonchev–Trinajstić information content (AvgIpc) is 3.08. The Balaban J connectivity index is 1.28. The third-order valence-electron chi connectivity index (χ3n) is 9.36. The molecule has 0 saturated carbocycles. The number of aryl methyl sites for hydroxylation is 1. The van der Waals surface area contributed by atoms with Crippen LogP contribution in [0, 0.1) is 23.2 Å². The zero-order valence-corrected chi connectivity index (χ0v) is 29.7. The fourth-order valence-electron chi connectivity index (χ4n) is 6.13. The number of benzene rings is 2. The van der Waals surface area contributed by atoms with Crippen LogP contribution in [0.5, 0.6) is 5.75 Å². The molecule has 2 aromatic carbocycles. The number of carbonyl (C=O) groups is 1. The number of aliphatic imine (C=N–C) groups is 1. The van der Waals surface area contributed by atoms with E-state index in [1.54, 1.807) is 29.0 Å². The number of nitrogens with zero attached hydrogens (tertiary/aromatic N) is 4. The lowest BCUT2D eigenvalue weighted by molar-refractivity contribution is 0.0649. The second kappa shape index (κ2) is 15.8. The first-order chi connectivity index (χ1) is 23.8. The van der Waals surface area contributed by atoms with Gasteiger partial charge in [-0.15, -0.1) is 0 Å². The van der Waals surface area contributed by atoms with E-state index in [9.17, 15) is 9.90 Å². The summed E-state index contributed by atoms with van der Waals surface area (Å²) < 4.78 is 8.05. The number of nitrogens with two attached hydrogens (primary N) is 1. The van der Waals surface area contributed by atoms with Gasteiger partial charge in [0.15, 0.2) is 0 Å². The van der Waals surface area contributed by atoms with Gasteiger partial charge in [-0.05, 0) is 62.2 Å². The van der Waals surface area contributed by atoms with Crippen molar-refractivity contribution in [2.45, 2.75) is 58.7 Å². The van der Waals surface area contributed by atoms with Gasteiger partial charge in [-0.25, -0.2) is 9.79 Å². The molecule has 2 amide bonds. The maximum absolute atomic E-state index is 13.4. The molecular weight excluding hydrogens is 630 g/mol. The molecule has 2 heterocycles. The van der Waals surface area contributed by atoms with Crippen molar-refractivity contribution in [3.05, 3.63) is 101 Å². The first-order valence-electron chi connectivity index (χ1n) is 17.1. The third kappa shape index (κ3) is 9.26. The van der Waals surface area contributed by atoms with E-state index in [0.717, 1.165) is 29.8 Å². The monoisotopic (exact) mass is 681 g/mol. The molecule has 12 nitrogen and oxygen atoms in total. The molecule has 1 aromatic heterocycles. The molecule has 1 saturated heterocycles. The summed E-state index contributed by atoms with van der Waals surface area (Å²) in [5.41, 5.74) is 10.6. The Labute approximate surface area is 294 Å². The second-order valence-electron chi connectivity index (χ2n) is 14.3. The number of rotatable bonds is 8. The summed E-state index contributed by atoms with van der Waals surface area (Å²) in [6.07, 6.45) is 4.43. The number of hydrogen-bond acceptors (Lipinski definition) is 9. The molecule has 0 radical (unpaired) electrons. The summed E-state index contributed by atoms with van der Waals surface area (Å²) in [6.45, 7) is 10.7. The number of urea groups is 1. The molecule has 50 heavy (non-hydrogen) atoms. The summed E-state index contributed by atoms with van der Waals surface area (Å²) in [5, 5.41) is 33.1. The van der Waals surface area contributed by atoms with Crippen molar-refractivity contribution in [1.82, 2.24) is 25.0 Å². The number of nitrogens with one attached hydrogen (secondary N) is 4. The van der Waals surface area contributed by atoms with E-state index in [0.29, 0.717) is 48.9 Å². The van der Waals surface area contributed by atoms with Gasteiger partial charge in [0, 0.05) is 42.9 Å². The highest BCUT2D eigenvalue weighted by molar-refractivity contribution is 6.05. The Morgan fingerprint density at radius 2 is 1.80 bits per heavy atom. The van der Waals surface area contributed by atoms with Gasteiger partial charge in [0.2, 0.25) is 0 Å². The molecule has 3 aromatic rings. The molecule has 1 fully saturated rings. The number of likely N-dealkylation sites (N-methyl/N-ethyl adjacent to an activating group) is 1. The van der Waals surface area contributed by atoms with E-state index in [1.165, 1.54) is 0 Å². The van der Waals surface area contributed by atoms with Crippen LogP contribution in [0.4, 0.5) is 10.5 Å². The van der Waals surface area contributed by atoms with Gasteiger partial charge >= 0.3 is 6.03 Å². The maximum atomic E-state index is 13.4. The SMILES string of the molecule is Cc1ccc(N=C(/C=C(\N)C(C)(C)C)NC(=O)N[C@H]2CC[C@@H](Oc3ccc(=N)n(C(=N)CN4CCN(C)C(CO)C4)c3)c3ccccc32)cc1. The largest absolute Gasteiger partial charge is 0.484 e. The van der Waals surface area contributed by atoms with Crippen molar-refractivity contribution in [3.8, 4) is 5.75 Å². The Bertz CT molecular complexity index is 1790. The minimum Gasteiger partial charge on any atom is -0.484 e. The van der Waals surface area contributed by atoms with Crippen LogP contribution >= 0.6 is 0 Å². The van der Waals surface area contributed by atoms with E-state index in [4.69, 9.17) is 21.3 Å². The van der Waals surface area contributed by atoms with Crippen LogP contribution in [0.2, 0.25) is 0 Å². The van der Waals surface area contributed by atoms with Gasteiger partial charge in [-0.1, -0.05) is 62.7 Å². The van der Waals surface area contributed by atoms with E-state index in [-0.39, 0.29) is 47.6 Å². The molecule has 2 aliphatic rings. The highest BCUT2D eigenvalue weighted by Crippen LogP contribution is 2.38. The van der Waals surface area contributed by atoms with Crippen molar-refractivity contribution in [3.63, 3.8) is 0 Å². The highest BCUT2D eigenvalue weighted by Gasteiger charge is 2.30. The molecule has 0 bridgehead atoms. The molecule has 0 spiro atoms. The van der Waals surface area contributed by atoms with Gasteiger partial charge in [-0.3, -0.25) is 30.5 Å². The molecule has 266 valence electrons. The predicted molar refractivity (Wildman–Crippen MR) is 197 cm³/mol. The number of hydrogen-bond donors (Lipinski definition) is 6. The lowest BCUT2D eigenvalue weighted by atomic mass is 9.85. The van der Waals surface area contributed by atoms with Crippen molar-refractivity contribution in [2.75, 3.05) is 39.8 Å². The Hall–Kier alpha value is -4.78. The number of amides is 2. The molecule has 3 atom stereocenters. The summed E-state index contributed by atoms with van der Waals surface area (Å²) in [6, 6.07) is 18.5. The van der Waals surface area contributed by atoms with E-state index in [1.807, 2.05) is 83.3 Å². The molecular formula is C38H51N9O3. The van der Waals surface area contributed by atoms with Crippen LogP contribution in [-0.2, 0) is 0 Å². The topological polar surface area (TPSA) is 168 Å². The first-order valence-corrected chi connectivity index (χ1v) is 17.1. The van der Waals surface area contributed by atoms with Gasteiger partial charge in [0.25, 0.3) is 0 Å². The summed E-state index contributed by atoms with van der Waals surface area (Å²) >= 11 is 0. The molecule has 1 unspecified atom stereocenters. The third-order valence-corrected chi connectivity index (χ3v) is 9.36. The lowest BCUT2D eigenvalue weighted by Gasteiger charge is -2.38. The van der Waals surface area contributed by atoms with Crippen LogP contribution < -0.4 is 26.6 Å². The molecule has 12 heteroatoms. The normalized spacial score (nSPS) is 20.6. The average molecular weight is 682 g/mol. The smallest absolute Gasteiger partial charge is 0.320 e. The number of amidine groups is 1. The number of aliphatic hydroxyl groups excluding tert-OH is 1. The fourth-order valence-corrected chi connectivity index (χ4v) is 6.13. The summed E-state index contributed by atoms with van der Waals surface area (Å²) in [4.78, 5) is 22.4. The lowest BCUT2D eigenvalue weighted by Crippen LogP contribution is -2.54. The maximum Gasteiger partial charge on any atom is 0.320 e. The minimum atomic E-state index is -0.385. The van der Waals surface area contributed by atoms with Crippen LogP contribution in [0.3, 0.4) is 0 Å². The quantitative estimate of drug-likeness (QED) is 0.150. The van der Waals surface area contributed by atoms with Gasteiger partial charge < -0.3 is 20.9 Å². The zero-order valence-electron chi connectivity index (χ0n) is 29.7. The molecule has 1 aliphatic carbocycles. The number of fused-ring (bicyclic) bond motifs is 1.